The van der Waals surface area contributed by atoms with Gasteiger partial charge in [0, 0.05) is 15.5 Å². The molecule has 2 N–H and O–H groups in total. The highest BCUT2D eigenvalue weighted by Crippen LogP contribution is 2.53. The molecule has 15 heavy (non-hydrogen) atoms. The van der Waals surface area contributed by atoms with E-state index < -0.39 is 0 Å². The van der Waals surface area contributed by atoms with E-state index in [4.69, 9.17) is 10.5 Å². The molecule has 1 aromatic rings. The lowest BCUT2D eigenvalue weighted by molar-refractivity contribution is 0.402. The van der Waals surface area contributed by atoms with Gasteiger partial charge in [-0.05, 0) is 44.0 Å². The SMILES string of the molecule is COc1ccc(Br)cc1C1(CCN)CC1. The van der Waals surface area contributed by atoms with Crippen LogP contribution >= 0.6 is 15.9 Å². The van der Waals surface area contributed by atoms with Gasteiger partial charge in [-0.25, -0.2) is 0 Å². The molecule has 0 unspecified atom stereocenters. The van der Waals surface area contributed by atoms with Gasteiger partial charge in [-0.1, -0.05) is 15.9 Å². The first kappa shape index (κ1) is 11.0. The molecule has 0 atom stereocenters. The van der Waals surface area contributed by atoms with Crippen molar-refractivity contribution in [1.82, 2.24) is 0 Å². The van der Waals surface area contributed by atoms with Gasteiger partial charge in [0.15, 0.2) is 0 Å². The first-order valence-electron chi connectivity index (χ1n) is 5.26. The van der Waals surface area contributed by atoms with Gasteiger partial charge in [0.1, 0.15) is 5.75 Å². The second kappa shape index (κ2) is 4.14. The molecule has 0 aromatic heterocycles. The predicted molar refractivity (Wildman–Crippen MR) is 65.3 cm³/mol. The van der Waals surface area contributed by atoms with Crippen molar-refractivity contribution in [2.24, 2.45) is 5.73 Å². The molecule has 0 spiro atoms. The van der Waals surface area contributed by atoms with Gasteiger partial charge in [0.05, 0.1) is 7.11 Å². The van der Waals surface area contributed by atoms with Gasteiger partial charge < -0.3 is 10.5 Å². The number of nitrogens with two attached hydrogens (primary N) is 1. The molecule has 1 aliphatic rings. The lowest BCUT2D eigenvalue weighted by Crippen LogP contribution is -2.14. The number of halogens is 1. The van der Waals surface area contributed by atoms with E-state index in [0.29, 0.717) is 5.41 Å². The van der Waals surface area contributed by atoms with Crippen LogP contribution in [0.3, 0.4) is 0 Å². The van der Waals surface area contributed by atoms with Crippen molar-refractivity contribution >= 4 is 15.9 Å². The maximum absolute atomic E-state index is 5.67. The molecular weight excluding hydrogens is 254 g/mol. The number of ether oxygens (including phenoxy) is 1. The molecule has 0 heterocycles. The minimum Gasteiger partial charge on any atom is -0.496 e. The zero-order chi connectivity index (χ0) is 10.9. The Morgan fingerprint density at radius 3 is 2.73 bits per heavy atom. The van der Waals surface area contributed by atoms with Crippen LogP contribution in [0.25, 0.3) is 0 Å². The summed E-state index contributed by atoms with van der Waals surface area (Å²) in [5, 5.41) is 0. The molecule has 82 valence electrons. The average Bonchev–Trinajstić information content (AvgIpc) is 2.99. The van der Waals surface area contributed by atoms with Crippen molar-refractivity contribution in [3.63, 3.8) is 0 Å². The Hall–Kier alpha value is -0.540. The van der Waals surface area contributed by atoms with Crippen LogP contribution in [0.15, 0.2) is 22.7 Å². The van der Waals surface area contributed by atoms with Crippen LogP contribution in [0.5, 0.6) is 5.75 Å². The van der Waals surface area contributed by atoms with Crippen LogP contribution in [0.1, 0.15) is 24.8 Å². The maximum Gasteiger partial charge on any atom is 0.122 e. The number of rotatable bonds is 4. The third-order valence-electron chi connectivity index (χ3n) is 3.21. The summed E-state index contributed by atoms with van der Waals surface area (Å²) in [6.45, 7) is 0.746. The molecular formula is C12H16BrNO. The summed E-state index contributed by atoms with van der Waals surface area (Å²) < 4.78 is 6.52. The largest absolute Gasteiger partial charge is 0.496 e. The molecule has 0 amide bonds. The molecule has 0 bridgehead atoms. The Bertz CT molecular complexity index is 361. The van der Waals surface area contributed by atoms with Crippen molar-refractivity contribution in [3.05, 3.63) is 28.2 Å². The summed E-state index contributed by atoms with van der Waals surface area (Å²) in [6, 6.07) is 6.21. The average molecular weight is 270 g/mol. The summed E-state index contributed by atoms with van der Waals surface area (Å²) >= 11 is 3.51. The van der Waals surface area contributed by atoms with Crippen molar-refractivity contribution in [3.8, 4) is 5.75 Å². The first-order valence-corrected chi connectivity index (χ1v) is 6.05. The molecule has 3 heteroatoms. The smallest absolute Gasteiger partial charge is 0.122 e. The van der Waals surface area contributed by atoms with Crippen LogP contribution in [0.2, 0.25) is 0 Å². The van der Waals surface area contributed by atoms with Gasteiger partial charge in [-0.3, -0.25) is 0 Å². The van der Waals surface area contributed by atoms with E-state index in [1.54, 1.807) is 7.11 Å². The van der Waals surface area contributed by atoms with Crippen LogP contribution in [-0.2, 0) is 5.41 Å². The van der Waals surface area contributed by atoms with Gasteiger partial charge in [0.25, 0.3) is 0 Å². The summed E-state index contributed by atoms with van der Waals surface area (Å²) in [4.78, 5) is 0. The molecule has 1 saturated carbocycles. The summed E-state index contributed by atoms with van der Waals surface area (Å²) in [6.07, 6.45) is 3.52. The van der Waals surface area contributed by atoms with E-state index >= 15 is 0 Å². The highest BCUT2D eigenvalue weighted by atomic mass is 79.9. The highest BCUT2D eigenvalue weighted by Gasteiger charge is 2.45. The van der Waals surface area contributed by atoms with Crippen molar-refractivity contribution in [2.45, 2.75) is 24.7 Å². The minimum absolute atomic E-state index is 0.296. The van der Waals surface area contributed by atoms with E-state index in [1.165, 1.54) is 18.4 Å². The Kier molecular flexibility index (Phi) is 3.03. The third kappa shape index (κ3) is 2.04. The van der Waals surface area contributed by atoms with E-state index in [1.807, 2.05) is 12.1 Å². The lowest BCUT2D eigenvalue weighted by Gasteiger charge is -2.18. The fraction of sp³-hybridized carbons (Fsp3) is 0.500. The molecule has 2 nitrogen and oxygen atoms in total. The monoisotopic (exact) mass is 269 g/mol. The fourth-order valence-corrected chi connectivity index (χ4v) is 2.54. The van der Waals surface area contributed by atoms with Gasteiger partial charge in [0.2, 0.25) is 0 Å². The van der Waals surface area contributed by atoms with Crippen molar-refractivity contribution in [2.75, 3.05) is 13.7 Å². The lowest BCUT2D eigenvalue weighted by atomic mass is 9.91. The molecule has 0 radical (unpaired) electrons. The molecule has 1 aliphatic carbocycles. The Morgan fingerprint density at radius 1 is 1.47 bits per heavy atom. The standard InChI is InChI=1S/C12H16BrNO/c1-15-11-3-2-9(13)8-10(11)12(4-5-12)6-7-14/h2-3,8H,4-7,14H2,1H3. The van der Waals surface area contributed by atoms with E-state index in [0.717, 1.165) is 23.2 Å². The number of hydrogen-bond donors (Lipinski definition) is 1. The van der Waals surface area contributed by atoms with Gasteiger partial charge in [-0.15, -0.1) is 0 Å². The quantitative estimate of drug-likeness (QED) is 0.913. The molecule has 0 saturated heterocycles. The van der Waals surface area contributed by atoms with Crippen LogP contribution in [0.4, 0.5) is 0 Å². The molecule has 1 aromatic carbocycles. The molecule has 1 fully saturated rings. The second-order valence-corrected chi connectivity index (χ2v) is 5.08. The molecule has 0 aliphatic heterocycles. The zero-order valence-corrected chi connectivity index (χ0v) is 10.5. The van der Waals surface area contributed by atoms with Gasteiger partial charge >= 0.3 is 0 Å². The van der Waals surface area contributed by atoms with Crippen LogP contribution < -0.4 is 10.5 Å². The first-order chi connectivity index (χ1) is 7.22. The van der Waals surface area contributed by atoms with Crippen molar-refractivity contribution < 1.29 is 4.74 Å². The third-order valence-corrected chi connectivity index (χ3v) is 3.70. The van der Waals surface area contributed by atoms with E-state index in [-0.39, 0.29) is 0 Å². The zero-order valence-electron chi connectivity index (χ0n) is 8.92. The summed E-state index contributed by atoms with van der Waals surface area (Å²) in [5.74, 6) is 0.990. The molecule has 2 rings (SSSR count). The number of hydrogen-bond acceptors (Lipinski definition) is 2. The van der Waals surface area contributed by atoms with E-state index in [2.05, 4.69) is 22.0 Å². The minimum atomic E-state index is 0.296. The second-order valence-electron chi connectivity index (χ2n) is 4.16. The Morgan fingerprint density at radius 2 is 2.20 bits per heavy atom. The Balaban J connectivity index is 2.37. The number of benzene rings is 1. The van der Waals surface area contributed by atoms with Crippen LogP contribution in [0, 0.1) is 0 Å². The summed E-state index contributed by atoms with van der Waals surface area (Å²) in [5.41, 5.74) is 7.27. The summed E-state index contributed by atoms with van der Waals surface area (Å²) in [7, 11) is 1.73. The van der Waals surface area contributed by atoms with Crippen LogP contribution in [-0.4, -0.2) is 13.7 Å². The topological polar surface area (TPSA) is 35.2 Å². The maximum atomic E-state index is 5.67. The Labute approximate surface area is 98.9 Å². The highest BCUT2D eigenvalue weighted by molar-refractivity contribution is 9.10. The number of methoxy groups -OCH3 is 1. The van der Waals surface area contributed by atoms with Gasteiger partial charge in [-0.2, -0.15) is 0 Å². The van der Waals surface area contributed by atoms with E-state index in [9.17, 15) is 0 Å². The predicted octanol–water partition coefficient (Wildman–Crippen LogP) is 2.84. The normalized spacial score (nSPS) is 17.5. The fourth-order valence-electron chi connectivity index (χ4n) is 2.18. The van der Waals surface area contributed by atoms with Crippen molar-refractivity contribution in [1.29, 1.82) is 0 Å².